The lowest BCUT2D eigenvalue weighted by Gasteiger charge is -2.12. The van der Waals surface area contributed by atoms with Crippen LogP contribution in [0.3, 0.4) is 0 Å². The smallest absolute Gasteiger partial charge is 0.128 e. The highest BCUT2D eigenvalue weighted by Crippen LogP contribution is 2.11. The fraction of sp³-hybridized carbons (Fsp3) is 0.733. The molecule has 108 valence electrons. The van der Waals surface area contributed by atoms with Crippen molar-refractivity contribution >= 4 is 0 Å². The summed E-state index contributed by atoms with van der Waals surface area (Å²) in [4.78, 5) is 9.22. The molecule has 0 aromatic carbocycles. The van der Waals surface area contributed by atoms with Crippen molar-refractivity contribution in [2.75, 3.05) is 20.3 Å². The van der Waals surface area contributed by atoms with E-state index in [1.165, 1.54) is 5.56 Å². The Morgan fingerprint density at radius 1 is 1.11 bits per heavy atom. The van der Waals surface area contributed by atoms with Gasteiger partial charge in [-0.05, 0) is 38.8 Å². The Morgan fingerprint density at radius 2 is 1.74 bits per heavy atom. The number of ether oxygens (including phenoxy) is 1. The Hall–Kier alpha value is -1.00. The first-order chi connectivity index (χ1) is 9.04. The molecule has 19 heavy (non-hydrogen) atoms. The summed E-state index contributed by atoms with van der Waals surface area (Å²) in [7, 11) is 1.72. The molecule has 0 atom stereocenters. The van der Waals surface area contributed by atoms with Gasteiger partial charge in [0.2, 0.25) is 0 Å². The molecule has 1 aromatic rings. The maximum Gasteiger partial charge on any atom is 0.128 e. The molecule has 1 aromatic heterocycles. The Balaban J connectivity index is 2.63. The van der Waals surface area contributed by atoms with Crippen molar-refractivity contribution in [1.29, 1.82) is 0 Å². The molecule has 4 heteroatoms. The molecule has 0 spiro atoms. The monoisotopic (exact) mass is 265 g/mol. The summed E-state index contributed by atoms with van der Waals surface area (Å²) in [6.07, 6.45) is 2.86. The van der Waals surface area contributed by atoms with E-state index < -0.39 is 0 Å². The van der Waals surface area contributed by atoms with Crippen LogP contribution in [0.4, 0.5) is 0 Å². The van der Waals surface area contributed by atoms with Gasteiger partial charge in [-0.3, -0.25) is 0 Å². The summed E-state index contributed by atoms with van der Waals surface area (Å²) in [6, 6.07) is 0.523. The van der Waals surface area contributed by atoms with E-state index in [0.29, 0.717) is 6.04 Å². The number of hydrogen-bond acceptors (Lipinski definition) is 4. The minimum Gasteiger partial charge on any atom is -0.385 e. The topological polar surface area (TPSA) is 47.0 Å². The second-order valence-electron chi connectivity index (χ2n) is 5.24. The van der Waals surface area contributed by atoms with Crippen LogP contribution < -0.4 is 5.32 Å². The van der Waals surface area contributed by atoms with Crippen molar-refractivity contribution in [1.82, 2.24) is 15.3 Å². The fourth-order valence-corrected chi connectivity index (χ4v) is 2.14. The standard InChI is InChI=1S/C15H27N3O/c1-11(2)16-9-8-14-12(3)17-15(18-13(14)4)7-6-10-19-5/h11,16H,6-10H2,1-5H3. The highest BCUT2D eigenvalue weighted by molar-refractivity contribution is 5.24. The molecular weight excluding hydrogens is 238 g/mol. The van der Waals surface area contributed by atoms with E-state index in [2.05, 4.69) is 43.0 Å². The van der Waals surface area contributed by atoms with Gasteiger partial charge in [-0.25, -0.2) is 9.97 Å². The van der Waals surface area contributed by atoms with E-state index in [9.17, 15) is 0 Å². The Morgan fingerprint density at radius 3 is 2.26 bits per heavy atom. The summed E-state index contributed by atoms with van der Waals surface area (Å²) < 4.78 is 5.06. The molecule has 0 aliphatic carbocycles. The Labute approximate surface area is 117 Å². The van der Waals surface area contributed by atoms with Crippen LogP contribution in [0, 0.1) is 13.8 Å². The first-order valence-corrected chi connectivity index (χ1v) is 7.10. The van der Waals surface area contributed by atoms with Gasteiger partial charge in [0.05, 0.1) is 0 Å². The predicted molar refractivity (Wildman–Crippen MR) is 78.5 cm³/mol. The molecule has 1 rings (SSSR count). The van der Waals surface area contributed by atoms with Crippen LogP contribution in [0.25, 0.3) is 0 Å². The molecule has 0 saturated carbocycles. The summed E-state index contributed by atoms with van der Waals surface area (Å²) in [5.41, 5.74) is 3.51. The fourth-order valence-electron chi connectivity index (χ4n) is 2.14. The third-order valence-corrected chi connectivity index (χ3v) is 3.14. The Kier molecular flexibility index (Phi) is 6.95. The second kappa shape index (κ2) is 8.23. The van der Waals surface area contributed by atoms with Crippen LogP contribution in [0.5, 0.6) is 0 Å². The highest BCUT2D eigenvalue weighted by Gasteiger charge is 2.08. The van der Waals surface area contributed by atoms with Crippen LogP contribution in [0.15, 0.2) is 0 Å². The third-order valence-electron chi connectivity index (χ3n) is 3.14. The van der Waals surface area contributed by atoms with Crippen molar-refractivity contribution in [3.63, 3.8) is 0 Å². The number of nitrogens with one attached hydrogen (secondary N) is 1. The van der Waals surface area contributed by atoms with Crippen LogP contribution in [0.1, 0.15) is 43.0 Å². The molecule has 1 heterocycles. The molecule has 0 radical (unpaired) electrons. The van der Waals surface area contributed by atoms with Crippen molar-refractivity contribution in [3.8, 4) is 0 Å². The number of hydrogen-bond donors (Lipinski definition) is 1. The first kappa shape index (κ1) is 16.1. The molecule has 0 saturated heterocycles. The van der Waals surface area contributed by atoms with Crippen LogP contribution >= 0.6 is 0 Å². The van der Waals surface area contributed by atoms with Crippen molar-refractivity contribution < 1.29 is 4.74 Å². The number of methoxy groups -OCH3 is 1. The van der Waals surface area contributed by atoms with Crippen molar-refractivity contribution in [2.45, 2.75) is 53.0 Å². The predicted octanol–water partition coefficient (Wildman–Crippen LogP) is 2.21. The van der Waals surface area contributed by atoms with Gasteiger partial charge in [0.1, 0.15) is 5.82 Å². The summed E-state index contributed by atoms with van der Waals surface area (Å²) in [5, 5.41) is 3.43. The quantitative estimate of drug-likeness (QED) is 0.732. The maximum atomic E-state index is 5.06. The van der Waals surface area contributed by atoms with Gasteiger partial charge in [0.15, 0.2) is 0 Å². The maximum absolute atomic E-state index is 5.06. The lowest BCUT2D eigenvalue weighted by molar-refractivity contribution is 0.194. The van der Waals surface area contributed by atoms with E-state index in [4.69, 9.17) is 4.74 Å². The molecule has 0 aliphatic rings. The minimum atomic E-state index is 0.523. The normalized spacial score (nSPS) is 11.3. The van der Waals surface area contributed by atoms with E-state index >= 15 is 0 Å². The zero-order valence-corrected chi connectivity index (χ0v) is 12.9. The average molecular weight is 265 g/mol. The molecule has 4 nitrogen and oxygen atoms in total. The lowest BCUT2D eigenvalue weighted by atomic mass is 10.1. The second-order valence-corrected chi connectivity index (χ2v) is 5.24. The zero-order chi connectivity index (χ0) is 14.3. The van der Waals surface area contributed by atoms with Gasteiger partial charge in [-0.15, -0.1) is 0 Å². The van der Waals surface area contributed by atoms with Gasteiger partial charge in [0, 0.05) is 37.6 Å². The zero-order valence-electron chi connectivity index (χ0n) is 12.9. The molecule has 0 bridgehead atoms. The summed E-state index contributed by atoms with van der Waals surface area (Å²) >= 11 is 0. The molecular formula is C15H27N3O. The molecule has 0 unspecified atom stereocenters. The SMILES string of the molecule is COCCCc1nc(C)c(CCNC(C)C)c(C)n1. The van der Waals surface area contributed by atoms with E-state index in [1.54, 1.807) is 7.11 Å². The summed E-state index contributed by atoms with van der Waals surface area (Å²) in [6.45, 7) is 10.2. The van der Waals surface area contributed by atoms with Crippen molar-refractivity contribution in [3.05, 3.63) is 22.8 Å². The van der Waals surface area contributed by atoms with E-state index in [-0.39, 0.29) is 0 Å². The average Bonchev–Trinajstić information content (AvgIpc) is 2.32. The van der Waals surface area contributed by atoms with Crippen LogP contribution in [0.2, 0.25) is 0 Å². The number of nitrogens with zero attached hydrogens (tertiary/aromatic N) is 2. The highest BCUT2D eigenvalue weighted by atomic mass is 16.5. The number of rotatable bonds is 8. The van der Waals surface area contributed by atoms with Crippen LogP contribution in [-0.2, 0) is 17.6 Å². The molecule has 0 amide bonds. The third kappa shape index (κ3) is 5.66. The minimum absolute atomic E-state index is 0.523. The van der Waals surface area contributed by atoms with Gasteiger partial charge in [-0.1, -0.05) is 13.8 Å². The molecule has 0 fully saturated rings. The van der Waals surface area contributed by atoms with E-state index in [1.807, 2.05) is 0 Å². The first-order valence-electron chi connectivity index (χ1n) is 7.10. The number of aromatic nitrogens is 2. The summed E-state index contributed by atoms with van der Waals surface area (Å²) in [5.74, 6) is 0.938. The van der Waals surface area contributed by atoms with Gasteiger partial charge in [0.25, 0.3) is 0 Å². The van der Waals surface area contributed by atoms with E-state index in [0.717, 1.165) is 49.6 Å². The number of aryl methyl sites for hydroxylation is 3. The largest absolute Gasteiger partial charge is 0.385 e. The van der Waals surface area contributed by atoms with Crippen molar-refractivity contribution in [2.24, 2.45) is 0 Å². The Bertz CT molecular complexity index is 368. The van der Waals surface area contributed by atoms with Crippen LogP contribution in [-0.4, -0.2) is 36.3 Å². The van der Waals surface area contributed by atoms with Gasteiger partial charge in [-0.2, -0.15) is 0 Å². The lowest BCUT2D eigenvalue weighted by Crippen LogP contribution is -2.25. The van der Waals surface area contributed by atoms with Gasteiger partial charge >= 0.3 is 0 Å². The van der Waals surface area contributed by atoms with Gasteiger partial charge < -0.3 is 10.1 Å². The molecule has 1 N–H and O–H groups in total. The molecule has 0 aliphatic heterocycles.